The quantitative estimate of drug-likeness (QED) is 0.180. The van der Waals surface area contributed by atoms with Crippen LogP contribution >= 0.6 is 11.3 Å². The number of carbonyl (C=O) groups excluding carboxylic acids is 1. The Kier molecular flexibility index (Phi) is 10.8. The van der Waals surface area contributed by atoms with Gasteiger partial charge in [0.1, 0.15) is 23.1 Å². The number of ether oxygens (including phenoxy) is 2. The van der Waals surface area contributed by atoms with Crippen molar-refractivity contribution in [3.63, 3.8) is 0 Å². The van der Waals surface area contributed by atoms with Gasteiger partial charge in [0, 0.05) is 30.6 Å². The molecule has 1 amide bonds. The van der Waals surface area contributed by atoms with Gasteiger partial charge in [-0.1, -0.05) is 79.7 Å². The van der Waals surface area contributed by atoms with Crippen LogP contribution in [0.5, 0.6) is 16.7 Å². The summed E-state index contributed by atoms with van der Waals surface area (Å²) >= 11 is 1.45. The molecule has 0 radical (unpaired) electrons. The number of nitrogens with zero attached hydrogens (tertiary/aromatic N) is 4. The normalized spacial score (nSPS) is 14.3. The molecular weight excluding hydrogens is 635 g/mol. The molecule has 0 unspecified atom stereocenters. The van der Waals surface area contributed by atoms with Crippen molar-refractivity contribution in [2.75, 3.05) is 45.1 Å². The Bertz CT molecular complexity index is 1750. The summed E-state index contributed by atoms with van der Waals surface area (Å²) in [6, 6.07) is 22.0. The van der Waals surface area contributed by atoms with Gasteiger partial charge in [0.15, 0.2) is 0 Å². The molecule has 10 nitrogen and oxygen atoms in total. The number of amides is 1. The van der Waals surface area contributed by atoms with Crippen LogP contribution in [0.4, 0.5) is 5.69 Å². The predicted molar refractivity (Wildman–Crippen MR) is 186 cm³/mol. The molecule has 0 saturated carbocycles. The zero-order valence-corrected chi connectivity index (χ0v) is 29.2. The van der Waals surface area contributed by atoms with Gasteiger partial charge in [-0.3, -0.25) is 9.52 Å². The van der Waals surface area contributed by atoms with Gasteiger partial charge < -0.3 is 19.3 Å². The number of rotatable bonds is 12. The van der Waals surface area contributed by atoms with Crippen molar-refractivity contribution in [3.8, 4) is 16.7 Å². The zero-order valence-electron chi connectivity index (χ0n) is 27.6. The molecule has 0 bridgehead atoms. The predicted octanol–water partition coefficient (Wildman–Crippen LogP) is 6.53. The summed E-state index contributed by atoms with van der Waals surface area (Å²) < 4.78 is 40.8. The van der Waals surface area contributed by atoms with E-state index >= 15 is 0 Å². The van der Waals surface area contributed by atoms with E-state index in [-0.39, 0.29) is 22.8 Å². The number of likely N-dealkylation sites (N-methyl/N-ethyl adjacent to an activating group) is 1. The van der Waals surface area contributed by atoms with E-state index in [0.717, 1.165) is 17.8 Å². The Labute approximate surface area is 281 Å². The number of nitrogens with one attached hydrogen (secondary N) is 1. The molecule has 1 aromatic heterocycles. The van der Waals surface area contributed by atoms with Gasteiger partial charge >= 0.3 is 0 Å². The number of aromatic nitrogens is 2. The van der Waals surface area contributed by atoms with Crippen LogP contribution in [0.15, 0.2) is 72.8 Å². The summed E-state index contributed by atoms with van der Waals surface area (Å²) in [5.74, 6) is 1.08. The minimum Gasteiger partial charge on any atom is -0.490 e. The minimum atomic E-state index is -3.76. The first-order chi connectivity index (χ1) is 22.4. The Balaban J connectivity index is 1.22. The van der Waals surface area contributed by atoms with Gasteiger partial charge in [-0.15, -0.1) is 5.10 Å². The maximum absolute atomic E-state index is 13.6. The van der Waals surface area contributed by atoms with Crippen LogP contribution in [0.1, 0.15) is 66.0 Å². The first-order valence-corrected chi connectivity index (χ1v) is 18.2. The summed E-state index contributed by atoms with van der Waals surface area (Å²) in [4.78, 5) is 17.4. The molecule has 1 saturated heterocycles. The average molecular weight is 678 g/mol. The monoisotopic (exact) mass is 677 g/mol. The van der Waals surface area contributed by atoms with E-state index in [1.54, 1.807) is 42.5 Å². The lowest BCUT2D eigenvalue weighted by molar-refractivity contribution is 0.0713. The number of anilines is 1. The maximum Gasteiger partial charge on any atom is 0.299 e. The van der Waals surface area contributed by atoms with E-state index < -0.39 is 10.0 Å². The maximum atomic E-state index is 13.6. The number of benzene rings is 3. The van der Waals surface area contributed by atoms with Crippen LogP contribution in [-0.2, 0) is 21.2 Å². The SMILES string of the molecule is CN(C)CCOc1ccc(C(=O)N2CCC(c3ccc(Oc4nnc(C(C)(C)C)s4)cc3)CC2)cc1NS(=O)(=O)Cc1ccccc1. The van der Waals surface area contributed by atoms with Crippen molar-refractivity contribution in [2.45, 2.75) is 50.7 Å². The van der Waals surface area contributed by atoms with Crippen molar-refractivity contribution in [2.24, 2.45) is 0 Å². The highest BCUT2D eigenvalue weighted by atomic mass is 32.2. The number of likely N-dealkylation sites (tertiary alicyclic amines) is 1. The Hall–Kier alpha value is -4.00. The van der Waals surface area contributed by atoms with Gasteiger partial charge in [0.2, 0.25) is 10.0 Å². The van der Waals surface area contributed by atoms with Gasteiger partial charge in [0.25, 0.3) is 11.1 Å². The van der Waals surface area contributed by atoms with Crippen LogP contribution < -0.4 is 14.2 Å². The minimum absolute atomic E-state index is 0.0780. The molecule has 250 valence electrons. The molecular formula is C35H43N5O5S2. The molecule has 1 N–H and O–H groups in total. The molecule has 1 fully saturated rings. The van der Waals surface area contributed by atoms with Gasteiger partial charge in [-0.05, 0) is 74.3 Å². The van der Waals surface area contributed by atoms with Gasteiger partial charge in [-0.2, -0.15) is 0 Å². The fourth-order valence-corrected chi connectivity index (χ4v) is 7.24. The Morgan fingerprint density at radius 1 is 1.00 bits per heavy atom. The highest BCUT2D eigenvalue weighted by Crippen LogP contribution is 2.34. The number of carbonyl (C=O) groups is 1. The van der Waals surface area contributed by atoms with Crippen LogP contribution in [0, 0.1) is 0 Å². The molecule has 3 aromatic carbocycles. The summed E-state index contributed by atoms with van der Waals surface area (Å²) in [5.41, 5.74) is 2.45. The molecule has 47 heavy (non-hydrogen) atoms. The molecule has 0 atom stereocenters. The Morgan fingerprint density at radius 3 is 2.34 bits per heavy atom. The summed E-state index contributed by atoms with van der Waals surface area (Å²) in [6.45, 7) is 8.51. The molecule has 0 aliphatic carbocycles. The van der Waals surface area contributed by atoms with E-state index in [9.17, 15) is 13.2 Å². The molecule has 0 spiro atoms. The van der Waals surface area contributed by atoms with Gasteiger partial charge in [0.05, 0.1) is 11.4 Å². The van der Waals surface area contributed by atoms with Crippen molar-refractivity contribution >= 4 is 33.0 Å². The molecule has 1 aliphatic heterocycles. The number of hydrogen-bond donors (Lipinski definition) is 1. The first kappa shape index (κ1) is 34.3. The standard InChI is InChI=1S/C35H43N5O5S2/c1-35(2,3)33-36-37-34(46-33)45-29-14-11-26(12-15-29)27-17-19-40(20-18-27)32(41)28-13-16-31(44-22-21-39(4)5)30(23-28)38-47(42,43)24-25-9-7-6-8-10-25/h6-16,23,27,38H,17-22,24H2,1-5H3. The third-order valence-electron chi connectivity index (χ3n) is 7.87. The van der Waals surface area contributed by atoms with Crippen molar-refractivity contribution < 1.29 is 22.7 Å². The van der Waals surface area contributed by atoms with E-state index in [2.05, 4.69) is 47.8 Å². The molecule has 1 aliphatic rings. The second kappa shape index (κ2) is 14.8. The van der Waals surface area contributed by atoms with E-state index in [0.29, 0.717) is 60.0 Å². The number of sulfonamides is 1. The third kappa shape index (κ3) is 9.52. The van der Waals surface area contributed by atoms with E-state index in [1.165, 1.54) is 16.9 Å². The van der Waals surface area contributed by atoms with Crippen molar-refractivity contribution in [1.29, 1.82) is 0 Å². The molecule has 5 rings (SSSR count). The average Bonchev–Trinajstić information content (AvgIpc) is 3.51. The highest BCUT2D eigenvalue weighted by molar-refractivity contribution is 7.91. The third-order valence-corrected chi connectivity index (χ3v) is 10.3. The second-order valence-corrected chi connectivity index (χ2v) is 15.7. The summed E-state index contributed by atoms with van der Waals surface area (Å²) in [5, 5.41) is 9.87. The summed E-state index contributed by atoms with van der Waals surface area (Å²) in [7, 11) is 0.109. The van der Waals surface area contributed by atoms with E-state index in [4.69, 9.17) is 9.47 Å². The second-order valence-electron chi connectivity index (χ2n) is 13.1. The highest BCUT2D eigenvalue weighted by Gasteiger charge is 2.26. The Morgan fingerprint density at radius 2 is 1.70 bits per heavy atom. The largest absolute Gasteiger partial charge is 0.490 e. The first-order valence-electron chi connectivity index (χ1n) is 15.7. The van der Waals surface area contributed by atoms with E-state index in [1.807, 2.05) is 42.1 Å². The fraction of sp³-hybridized carbons (Fsp3) is 0.400. The topological polar surface area (TPSA) is 114 Å². The zero-order chi connectivity index (χ0) is 33.6. The lowest BCUT2D eigenvalue weighted by Crippen LogP contribution is -2.38. The molecule has 12 heteroatoms. The van der Waals surface area contributed by atoms with Crippen LogP contribution in [0.3, 0.4) is 0 Å². The summed E-state index contributed by atoms with van der Waals surface area (Å²) in [6.07, 6.45) is 1.64. The molecule has 2 heterocycles. The van der Waals surface area contributed by atoms with Crippen LogP contribution in [0.2, 0.25) is 0 Å². The van der Waals surface area contributed by atoms with Crippen molar-refractivity contribution in [3.05, 3.63) is 94.5 Å². The van der Waals surface area contributed by atoms with Crippen LogP contribution in [0.25, 0.3) is 0 Å². The van der Waals surface area contributed by atoms with Crippen LogP contribution in [-0.4, -0.2) is 74.7 Å². The lowest BCUT2D eigenvalue weighted by atomic mass is 9.89. The molecule has 4 aromatic rings. The van der Waals surface area contributed by atoms with Crippen molar-refractivity contribution in [1.82, 2.24) is 20.0 Å². The van der Waals surface area contributed by atoms with Gasteiger partial charge in [-0.25, -0.2) is 8.42 Å². The lowest BCUT2D eigenvalue weighted by Gasteiger charge is -2.32. The fourth-order valence-electron chi connectivity index (χ4n) is 5.27. The number of piperidine rings is 1. The smallest absolute Gasteiger partial charge is 0.299 e. The number of hydrogen-bond acceptors (Lipinski definition) is 9.